The van der Waals surface area contributed by atoms with Gasteiger partial charge in [-0.05, 0) is 32.6 Å². The Morgan fingerprint density at radius 1 is 1.25 bits per heavy atom. The fourth-order valence-electron chi connectivity index (χ4n) is 1.39. The Morgan fingerprint density at radius 3 is 2.56 bits per heavy atom. The average molecular weight is 224 g/mol. The fourth-order valence-corrected chi connectivity index (χ4v) is 1.39. The van der Waals surface area contributed by atoms with Crippen LogP contribution in [0.4, 0.5) is 5.69 Å². The molecule has 1 aromatic carbocycles. The summed E-state index contributed by atoms with van der Waals surface area (Å²) in [6.07, 6.45) is 0.976. The number of ether oxygens (including phenoxy) is 2. The minimum atomic E-state index is 0.565. The third-order valence-corrected chi connectivity index (χ3v) is 2.25. The van der Waals surface area contributed by atoms with Gasteiger partial charge in [0, 0.05) is 6.54 Å². The Kier molecular flexibility index (Phi) is 4.92. The summed E-state index contributed by atoms with van der Waals surface area (Å²) in [6, 6.07) is 5.55. The van der Waals surface area contributed by atoms with Crippen molar-refractivity contribution in [1.82, 2.24) is 4.90 Å². The van der Waals surface area contributed by atoms with Crippen molar-refractivity contribution in [3.63, 3.8) is 0 Å². The average Bonchev–Trinajstić information content (AvgIpc) is 2.26. The Labute approximate surface area is 96.9 Å². The summed E-state index contributed by atoms with van der Waals surface area (Å²) >= 11 is 0. The van der Waals surface area contributed by atoms with Gasteiger partial charge in [0.1, 0.15) is 17.2 Å². The number of nitrogens with zero attached hydrogens (tertiary/aromatic N) is 1. The van der Waals surface area contributed by atoms with E-state index in [1.165, 1.54) is 0 Å². The van der Waals surface area contributed by atoms with Gasteiger partial charge >= 0.3 is 0 Å². The van der Waals surface area contributed by atoms with Crippen molar-refractivity contribution in [2.45, 2.75) is 6.42 Å². The van der Waals surface area contributed by atoms with E-state index in [-0.39, 0.29) is 0 Å². The molecule has 0 fully saturated rings. The molecule has 0 spiro atoms. The van der Waals surface area contributed by atoms with E-state index in [0.717, 1.165) is 13.0 Å². The second-order valence-electron chi connectivity index (χ2n) is 3.88. The Hall–Kier alpha value is -1.42. The van der Waals surface area contributed by atoms with Crippen LogP contribution in [-0.4, -0.2) is 39.3 Å². The van der Waals surface area contributed by atoms with Crippen molar-refractivity contribution in [2.75, 3.05) is 40.1 Å². The number of nitrogen functional groups attached to an aromatic ring is 1. The zero-order chi connectivity index (χ0) is 12.0. The molecular formula is C12H20N2O2. The number of methoxy groups -OCH3 is 1. The number of nitrogens with two attached hydrogens (primary N) is 1. The molecule has 4 heteroatoms. The summed E-state index contributed by atoms with van der Waals surface area (Å²) in [7, 11) is 5.68. The van der Waals surface area contributed by atoms with Gasteiger partial charge in [-0.2, -0.15) is 0 Å². The molecule has 16 heavy (non-hydrogen) atoms. The Morgan fingerprint density at radius 2 is 1.94 bits per heavy atom. The van der Waals surface area contributed by atoms with Crippen LogP contribution in [0.15, 0.2) is 18.2 Å². The lowest BCUT2D eigenvalue weighted by molar-refractivity contribution is 0.281. The molecule has 0 aliphatic heterocycles. The van der Waals surface area contributed by atoms with Crippen LogP contribution in [0.3, 0.4) is 0 Å². The van der Waals surface area contributed by atoms with Crippen molar-refractivity contribution in [3.8, 4) is 11.5 Å². The molecule has 0 aliphatic rings. The van der Waals surface area contributed by atoms with Crippen LogP contribution in [0.2, 0.25) is 0 Å². The van der Waals surface area contributed by atoms with Crippen molar-refractivity contribution in [3.05, 3.63) is 18.2 Å². The second kappa shape index (κ2) is 6.23. The number of para-hydroxylation sites is 1. The second-order valence-corrected chi connectivity index (χ2v) is 3.88. The van der Waals surface area contributed by atoms with Crippen LogP contribution in [0, 0.1) is 0 Å². The fraction of sp³-hybridized carbons (Fsp3) is 0.500. The van der Waals surface area contributed by atoms with Gasteiger partial charge in [-0.1, -0.05) is 6.07 Å². The molecule has 0 atom stereocenters. The lowest BCUT2D eigenvalue weighted by Crippen LogP contribution is -2.15. The quantitative estimate of drug-likeness (QED) is 0.589. The molecular weight excluding hydrogens is 204 g/mol. The number of benzene rings is 1. The molecule has 0 heterocycles. The van der Waals surface area contributed by atoms with E-state index in [9.17, 15) is 0 Å². The first kappa shape index (κ1) is 12.6. The molecule has 0 saturated heterocycles. The molecule has 1 rings (SSSR count). The van der Waals surface area contributed by atoms with Crippen LogP contribution < -0.4 is 15.2 Å². The van der Waals surface area contributed by atoms with Crippen molar-refractivity contribution in [2.24, 2.45) is 0 Å². The minimum absolute atomic E-state index is 0.565. The summed E-state index contributed by atoms with van der Waals surface area (Å²) in [6.45, 7) is 1.67. The summed E-state index contributed by atoms with van der Waals surface area (Å²) in [4.78, 5) is 2.12. The molecule has 90 valence electrons. The minimum Gasteiger partial charge on any atom is -0.494 e. The highest BCUT2D eigenvalue weighted by Crippen LogP contribution is 2.30. The largest absolute Gasteiger partial charge is 0.494 e. The van der Waals surface area contributed by atoms with E-state index in [2.05, 4.69) is 4.90 Å². The van der Waals surface area contributed by atoms with E-state index < -0.39 is 0 Å². The zero-order valence-electron chi connectivity index (χ0n) is 10.2. The van der Waals surface area contributed by atoms with Gasteiger partial charge in [0.05, 0.1) is 13.7 Å². The molecule has 0 bridgehead atoms. The third-order valence-electron chi connectivity index (χ3n) is 2.25. The van der Waals surface area contributed by atoms with Gasteiger partial charge in [-0.3, -0.25) is 0 Å². The van der Waals surface area contributed by atoms with Crippen LogP contribution in [0.5, 0.6) is 11.5 Å². The maximum Gasteiger partial charge on any atom is 0.146 e. The van der Waals surface area contributed by atoms with Crippen molar-refractivity contribution < 1.29 is 9.47 Å². The maximum atomic E-state index is 5.88. The Balaban J connectivity index is 2.47. The van der Waals surface area contributed by atoms with E-state index in [0.29, 0.717) is 23.8 Å². The molecule has 0 saturated carbocycles. The SMILES string of the molecule is COc1cccc(OCCCN(C)C)c1N. The smallest absolute Gasteiger partial charge is 0.146 e. The van der Waals surface area contributed by atoms with Gasteiger partial charge in [0.2, 0.25) is 0 Å². The third kappa shape index (κ3) is 3.62. The Bertz CT molecular complexity index is 327. The van der Waals surface area contributed by atoms with Crippen LogP contribution >= 0.6 is 0 Å². The molecule has 0 amide bonds. The maximum absolute atomic E-state index is 5.88. The van der Waals surface area contributed by atoms with Gasteiger partial charge in [0.25, 0.3) is 0 Å². The summed E-state index contributed by atoms with van der Waals surface area (Å²) in [5, 5.41) is 0. The molecule has 1 aromatic rings. The molecule has 0 unspecified atom stereocenters. The van der Waals surface area contributed by atoms with Crippen LogP contribution in [0.25, 0.3) is 0 Å². The monoisotopic (exact) mass is 224 g/mol. The normalized spacial score (nSPS) is 10.5. The van der Waals surface area contributed by atoms with Gasteiger partial charge in [-0.15, -0.1) is 0 Å². The van der Waals surface area contributed by atoms with E-state index in [1.54, 1.807) is 7.11 Å². The van der Waals surface area contributed by atoms with E-state index in [4.69, 9.17) is 15.2 Å². The first-order valence-corrected chi connectivity index (χ1v) is 5.35. The summed E-state index contributed by atoms with van der Waals surface area (Å²) in [5.41, 5.74) is 6.44. The lowest BCUT2D eigenvalue weighted by Gasteiger charge is -2.13. The molecule has 0 aromatic heterocycles. The van der Waals surface area contributed by atoms with Gasteiger partial charge in [0.15, 0.2) is 0 Å². The lowest BCUT2D eigenvalue weighted by atomic mass is 10.3. The highest BCUT2D eigenvalue weighted by Gasteiger charge is 2.05. The van der Waals surface area contributed by atoms with Crippen LogP contribution in [0.1, 0.15) is 6.42 Å². The topological polar surface area (TPSA) is 47.7 Å². The van der Waals surface area contributed by atoms with Crippen molar-refractivity contribution >= 4 is 5.69 Å². The first-order valence-electron chi connectivity index (χ1n) is 5.35. The molecule has 0 radical (unpaired) electrons. The number of hydrogen-bond acceptors (Lipinski definition) is 4. The van der Waals surface area contributed by atoms with Gasteiger partial charge < -0.3 is 20.1 Å². The van der Waals surface area contributed by atoms with Crippen molar-refractivity contribution in [1.29, 1.82) is 0 Å². The predicted octanol–water partition coefficient (Wildman–Crippen LogP) is 1.61. The standard InChI is InChI=1S/C12H20N2O2/c1-14(2)8-5-9-16-11-7-4-6-10(15-3)12(11)13/h4,6-7H,5,8-9,13H2,1-3H3. The van der Waals surface area contributed by atoms with E-state index in [1.807, 2.05) is 32.3 Å². The van der Waals surface area contributed by atoms with Crippen LogP contribution in [-0.2, 0) is 0 Å². The number of anilines is 1. The highest BCUT2D eigenvalue weighted by atomic mass is 16.5. The molecule has 2 N–H and O–H groups in total. The summed E-state index contributed by atoms with van der Waals surface area (Å²) < 4.78 is 10.7. The number of rotatable bonds is 6. The van der Waals surface area contributed by atoms with Gasteiger partial charge in [-0.25, -0.2) is 0 Å². The van der Waals surface area contributed by atoms with E-state index >= 15 is 0 Å². The molecule has 4 nitrogen and oxygen atoms in total. The number of hydrogen-bond donors (Lipinski definition) is 1. The first-order chi connectivity index (χ1) is 7.65. The molecule has 0 aliphatic carbocycles. The summed E-state index contributed by atoms with van der Waals surface area (Å²) in [5.74, 6) is 1.35. The predicted molar refractivity (Wildman–Crippen MR) is 66.1 cm³/mol. The highest BCUT2D eigenvalue weighted by molar-refractivity contribution is 5.62. The zero-order valence-corrected chi connectivity index (χ0v) is 10.2.